The van der Waals surface area contributed by atoms with E-state index in [1.54, 1.807) is 65.8 Å². The fraction of sp³-hybridized carbons (Fsp3) is 0.617. The molecule has 2 aliphatic rings. The minimum Gasteiger partial charge on any atom is -0.508 e. The van der Waals surface area contributed by atoms with Gasteiger partial charge in [0.15, 0.2) is 0 Å². The van der Waals surface area contributed by atoms with Gasteiger partial charge in [-0.25, -0.2) is 0 Å². The van der Waals surface area contributed by atoms with Crippen LogP contribution >= 0.6 is 0 Å². The zero-order valence-electron chi connectivity index (χ0n) is 36.1. The van der Waals surface area contributed by atoms with Gasteiger partial charge in [-0.2, -0.15) is 0 Å². The number of benzene rings is 2. The molecule has 2 atom stereocenters. The molecule has 10 heteroatoms. The Morgan fingerprint density at radius 3 is 1.16 bits per heavy atom. The highest BCUT2D eigenvalue weighted by molar-refractivity contribution is 6.11. The van der Waals surface area contributed by atoms with E-state index in [9.17, 15) is 39.0 Å². The molecule has 1 spiro atoms. The molecule has 0 amide bonds. The Morgan fingerprint density at radius 1 is 0.596 bits per heavy atom. The van der Waals surface area contributed by atoms with Crippen molar-refractivity contribution in [1.29, 1.82) is 0 Å². The quantitative estimate of drug-likeness (QED) is 0.157. The van der Waals surface area contributed by atoms with Crippen molar-refractivity contribution in [1.82, 2.24) is 0 Å². The molecule has 57 heavy (non-hydrogen) atoms. The van der Waals surface area contributed by atoms with E-state index < -0.39 is 40.0 Å². The number of rotatable bonds is 12. The number of phenols is 2. The number of carbonyl (C=O) groups excluding carboxylic acids is 6. The molecule has 0 bridgehead atoms. The van der Waals surface area contributed by atoms with Crippen molar-refractivity contribution in [2.24, 2.45) is 38.9 Å². The van der Waals surface area contributed by atoms with Gasteiger partial charge in [0.25, 0.3) is 0 Å². The van der Waals surface area contributed by atoms with Crippen LogP contribution in [0.25, 0.3) is 0 Å². The van der Waals surface area contributed by atoms with Gasteiger partial charge in [-0.05, 0) is 76.3 Å². The van der Waals surface area contributed by atoms with Crippen molar-refractivity contribution < 1.29 is 48.5 Å². The summed E-state index contributed by atoms with van der Waals surface area (Å²) in [6.07, 6.45) is -0.320. The molecule has 0 saturated heterocycles. The third-order valence-electron chi connectivity index (χ3n) is 12.3. The Hall–Kier alpha value is -4.34. The van der Waals surface area contributed by atoms with Gasteiger partial charge >= 0.3 is 11.9 Å². The van der Waals surface area contributed by atoms with Gasteiger partial charge in [-0.3, -0.25) is 28.8 Å². The summed E-state index contributed by atoms with van der Waals surface area (Å²) in [5.74, 6) is -4.62. The largest absolute Gasteiger partial charge is 0.508 e. The summed E-state index contributed by atoms with van der Waals surface area (Å²) >= 11 is 0. The maximum atomic E-state index is 13.8. The van der Waals surface area contributed by atoms with E-state index in [2.05, 4.69) is 0 Å². The van der Waals surface area contributed by atoms with Crippen LogP contribution in [0.1, 0.15) is 142 Å². The molecule has 312 valence electrons. The number of Topliss-reactive ketones (excluding diaryl/α,β-unsaturated/α-hetero) is 4. The molecule has 2 fully saturated rings. The monoisotopic (exact) mass is 788 g/mol. The van der Waals surface area contributed by atoms with Gasteiger partial charge in [-0.15, -0.1) is 0 Å². The lowest BCUT2D eigenvalue weighted by molar-refractivity contribution is -0.162. The first-order chi connectivity index (χ1) is 26.1. The number of aromatic hydroxyl groups is 2. The first kappa shape index (κ1) is 45.4. The zero-order chi connectivity index (χ0) is 43.1. The molecule has 2 aromatic rings. The lowest BCUT2D eigenvalue weighted by Gasteiger charge is -2.46. The van der Waals surface area contributed by atoms with Gasteiger partial charge in [0.05, 0.1) is 37.9 Å². The van der Waals surface area contributed by atoms with Gasteiger partial charge < -0.3 is 19.7 Å². The smallest absolute Gasteiger partial charge is 0.306 e. The van der Waals surface area contributed by atoms with Crippen LogP contribution in [0.5, 0.6) is 11.5 Å². The van der Waals surface area contributed by atoms with Crippen LogP contribution in [-0.4, -0.2) is 58.5 Å². The molecule has 0 heterocycles. The van der Waals surface area contributed by atoms with Gasteiger partial charge in [-0.1, -0.05) is 93.5 Å². The molecule has 0 aliphatic heterocycles. The maximum absolute atomic E-state index is 13.8. The van der Waals surface area contributed by atoms with Crippen molar-refractivity contribution in [2.75, 3.05) is 13.2 Å². The Kier molecular flexibility index (Phi) is 13.1. The second-order valence-electron chi connectivity index (χ2n) is 20.6. The van der Waals surface area contributed by atoms with E-state index in [0.29, 0.717) is 11.1 Å². The number of aryl methyl sites for hydroxylation is 2. The highest BCUT2D eigenvalue weighted by Crippen LogP contribution is 2.51. The van der Waals surface area contributed by atoms with Crippen LogP contribution in [0, 0.1) is 52.8 Å². The first-order valence-corrected chi connectivity index (χ1v) is 20.1. The average Bonchev–Trinajstić information content (AvgIpc) is 3.05. The predicted molar refractivity (Wildman–Crippen MR) is 217 cm³/mol. The van der Waals surface area contributed by atoms with Crippen LogP contribution in [-0.2, 0) is 38.2 Å². The van der Waals surface area contributed by atoms with Crippen molar-refractivity contribution >= 4 is 35.1 Å². The third-order valence-corrected chi connectivity index (χ3v) is 12.3. The van der Waals surface area contributed by atoms with Crippen LogP contribution < -0.4 is 0 Å². The summed E-state index contributed by atoms with van der Waals surface area (Å²) in [5.41, 5.74) is -0.582. The van der Waals surface area contributed by atoms with Crippen LogP contribution in [0.2, 0.25) is 0 Å². The third kappa shape index (κ3) is 10.6. The number of ether oxygens (including phenoxy) is 2. The maximum Gasteiger partial charge on any atom is 0.306 e. The highest BCUT2D eigenvalue weighted by Gasteiger charge is 2.57. The average molecular weight is 789 g/mol. The number of phenolic OH excluding ortho intramolecular Hbond substituents is 2. The van der Waals surface area contributed by atoms with Gasteiger partial charge in [0.1, 0.15) is 34.6 Å². The van der Waals surface area contributed by atoms with Crippen molar-refractivity contribution in [3.05, 3.63) is 58.7 Å². The topological polar surface area (TPSA) is 161 Å². The molecular formula is C47H64O10. The van der Waals surface area contributed by atoms with Crippen molar-refractivity contribution in [2.45, 2.75) is 133 Å². The molecular weight excluding hydrogens is 725 g/mol. The Bertz CT molecular complexity index is 1730. The minimum atomic E-state index is -1.11. The molecule has 2 unspecified atom stereocenters. The van der Waals surface area contributed by atoms with Gasteiger partial charge in [0.2, 0.25) is 0 Å². The fourth-order valence-corrected chi connectivity index (χ4v) is 9.15. The number of carbonyl (C=O) groups is 6. The van der Waals surface area contributed by atoms with E-state index in [-0.39, 0.29) is 109 Å². The summed E-state index contributed by atoms with van der Waals surface area (Å²) < 4.78 is 11.5. The van der Waals surface area contributed by atoms with Crippen molar-refractivity contribution in [3.8, 4) is 11.5 Å². The summed E-state index contributed by atoms with van der Waals surface area (Å²) in [6.45, 7) is 22.3. The molecule has 2 N–H and O–H groups in total. The Balaban J connectivity index is 1.37. The SMILES string of the molecule is Cc1cc(C(CC(=O)OCC(C)(C)C2C(=O)CC3(CC2=O)CC(=O)C(C(C)(C)COC(=O)CC(c2ccc(O)c(C)c2)C(C)(C)C)C(=O)C3)C(C)(C)C)ccc1O. The summed E-state index contributed by atoms with van der Waals surface area (Å²) in [4.78, 5) is 81.7. The highest BCUT2D eigenvalue weighted by atomic mass is 16.5. The molecule has 0 radical (unpaired) electrons. The van der Waals surface area contributed by atoms with Crippen LogP contribution in [0.15, 0.2) is 36.4 Å². The van der Waals surface area contributed by atoms with E-state index in [0.717, 1.165) is 11.1 Å². The zero-order valence-corrected chi connectivity index (χ0v) is 36.1. The lowest BCUT2D eigenvalue weighted by Crippen LogP contribution is -2.54. The van der Waals surface area contributed by atoms with E-state index in [1.807, 2.05) is 53.7 Å². The molecule has 2 aliphatic carbocycles. The Labute approximate surface area is 338 Å². The molecule has 4 rings (SSSR count). The van der Waals surface area contributed by atoms with Crippen molar-refractivity contribution in [3.63, 3.8) is 0 Å². The van der Waals surface area contributed by atoms with E-state index in [4.69, 9.17) is 9.47 Å². The number of hydrogen-bond donors (Lipinski definition) is 2. The number of hydrogen-bond acceptors (Lipinski definition) is 10. The Morgan fingerprint density at radius 2 is 0.895 bits per heavy atom. The predicted octanol–water partition coefficient (Wildman–Crippen LogP) is 8.68. The number of ketones is 4. The van der Waals surface area contributed by atoms with Gasteiger partial charge in [0, 0.05) is 36.5 Å². The second-order valence-corrected chi connectivity index (χ2v) is 20.6. The number of esters is 2. The molecule has 10 nitrogen and oxygen atoms in total. The fourth-order valence-electron chi connectivity index (χ4n) is 9.15. The summed E-state index contributed by atoms with van der Waals surface area (Å²) in [6, 6.07) is 10.6. The van der Waals surface area contributed by atoms with Crippen LogP contribution in [0.4, 0.5) is 0 Å². The summed E-state index contributed by atoms with van der Waals surface area (Å²) in [7, 11) is 0. The lowest BCUT2D eigenvalue weighted by atomic mass is 9.54. The van der Waals surface area contributed by atoms with E-state index >= 15 is 0 Å². The minimum absolute atomic E-state index is 0.0668. The summed E-state index contributed by atoms with van der Waals surface area (Å²) in [5, 5.41) is 20.0. The second kappa shape index (κ2) is 16.5. The molecule has 0 aromatic heterocycles. The standard InChI is InChI=1S/C47H64O10/c1-27-17-29(13-15-33(27)48)31(43(3,4)5)19-39(54)56-25-45(9,10)41-35(50)21-47(22-36(41)51)23-37(52)42(38(53)24-47)46(11,12)26-57-40(55)20-32(44(6,7)8)30-14-16-34(49)28(2)18-30/h13-18,31-32,41-42,48-49H,19-26H2,1-12H3. The van der Waals surface area contributed by atoms with Crippen LogP contribution in [0.3, 0.4) is 0 Å². The normalized spacial score (nSPS) is 22.0. The van der Waals surface area contributed by atoms with E-state index in [1.165, 1.54) is 0 Å². The molecule has 2 saturated carbocycles. The molecule has 2 aromatic carbocycles. The first-order valence-electron chi connectivity index (χ1n) is 20.1.